The first-order valence-corrected chi connectivity index (χ1v) is 12.3. The molecule has 1 aromatic carbocycles. The standard InChI is InChI=1S/C20H28N2O4S2/c1-5-6-10-26-15-9-7-8-14(11-15)22-16-12-28(24,25)13-17(16)27-19(22)21-18(23)20(2,3)4/h7-9,11,16-17H,5-6,10,12-13H2,1-4H3/t16-,17-/m1/s1. The maximum Gasteiger partial charge on any atom is 0.253 e. The zero-order chi connectivity index (χ0) is 20.5. The van der Waals surface area contributed by atoms with Crippen LogP contribution < -0.4 is 9.64 Å². The van der Waals surface area contributed by atoms with Crippen LogP contribution in [0.15, 0.2) is 29.3 Å². The summed E-state index contributed by atoms with van der Waals surface area (Å²) in [6.45, 7) is 8.24. The Hall–Kier alpha value is -1.54. The summed E-state index contributed by atoms with van der Waals surface area (Å²) in [5, 5.41) is 0.469. The zero-order valence-electron chi connectivity index (χ0n) is 16.8. The van der Waals surface area contributed by atoms with E-state index in [-0.39, 0.29) is 28.7 Å². The number of aliphatic imine (C=N–C) groups is 1. The van der Waals surface area contributed by atoms with Gasteiger partial charge in [0.2, 0.25) is 0 Å². The first kappa shape index (κ1) is 21.2. The van der Waals surface area contributed by atoms with E-state index in [1.807, 2.05) is 49.9 Å². The SMILES string of the molecule is CCCCOc1cccc(N2C(=NC(=O)C(C)(C)C)S[C@@H]3CS(=O)(=O)C[C@H]32)c1. The summed E-state index contributed by atoms with van der Waals surface area (Å²) >= 11 is 1.39. The molecule has 2 heterocycles. The number of fused-ring (bicyclic) bond motifs is 1. The molecule has 28 heavy (non-hydrogen) atoms. The van der Waals surface area contributed by atoms with Crippen molar-refractivity contribution in [2.45, 2.75) is 51.8 Å². The quantitative estimate of drug-likeness (QED) is 0.673. The lowest BCUT2D eigenvalue weighted by molar-refractivity contribution is -0.124. The molecule has 2 aliphatic rings. The number of carbonyl (C=O) groups excluding carboxylic acids is 1. The minimum atomic E-state index is -3.09. The highest BCUT2D eigenvalue weighted by atomic mass is 32.2. The summed E-state index contributed by atoms with van der Waals surface area (Å²) < 4.78 is 30.2. The van der Waals surface area contributed by atoms with Gasteiger partial charge in [-0.15, -0.1) is 0 Å². The van der Waals surface area contributed by atoms with Crippen molar-refractivity contribution in [3.05, 3.63) is 24.3 Å². The number of amides is 1. The Morgan fingerprint density at radius 1 is 1.32 bits per heavy atom. The first-order valence-electron chi connectivity index (χ1n) is 9.63. The molecule has 0 aromatic heterocycles. The number of amidine groups is 1. The number of thioether (sulfide) groups is 1. The number of hydrogen-bond acceptors (Lipinski definition) is 5. The maximum atomic E-state index is 12.5. The number of nitrogens with zero attached hydrogens (tertiary/aromatic N) is 2. The van der Waals surface area contributed by atoms with E-state index in [2.05, 4.69) is 11.9 Å². The Labute approximate surface area is 171 Å². The molecule has 2 atom stereocenters. The second kappa shape index (κ2) is 8.06. The Kier molecular flexibility index (Phi) is 6.10. The van der Waals surface area contributed by atoms with E-state index in [0.717, 1.165) is 24.3 Å². The van der Waals surface area contributed by atoms with Gasteiger partial charge in [-0.25, -0.2) is 8.42 Å². The molecule has 2 fully saturated rings. The van der Waals surface area contributed by atoms with Gasteiger partial charge in [0.15, 0.2) is 15.0 Å². The predicted octanol–water partition coefficient (Wildman–Crippen LogP) is 3.51. The Morgan fingerprint density at radius 2 is 2.07 bits per heavy atom. The number of unbranched alkanes of at least 4 members (excludes halogenated alkanes) is 1. The van der Waals surface area contributed by atoms with Gasteiger partial charge in [0, 0.05) is 22.4 Å². The molecular weight excluding hydrogens is 396 g/mol. The normalized spacial score (nSPS) is 25.1. The van der Waals surface area contributed by atoms with Crippen LogP contribution >= 0.6 is 11.8 Å². The second-order valence-electron chi connectivity index (χ2n) is 8.32. The van der Waals surface area contributed by atoms with Crippen molar-refractivity contribution in [2.75, 3.05) is 23.0 Å². The number of ether oxygens (including phenoxy) is 1. The van der Waals surface area contributed by atoms with Crippen molar-refractivity contribution < 1.29 is 17.9 Å². The second-order valence-corrected chi connectivity index (χ2v) is 11.7. The van der Waals surface area contributed by atoms with Gasteiger partial charge in [-0.3, -0.25) is 4.79 Å². The van der Waals surface area contributed by atoms with Crippen LogP contribution in [0, 0.1) is 5.41 Å². The van der Waals surface area contributed by atoms with Gasteiger partial charge in [-0.1, -0.05) is 51.9 Å². The fraction of sp³-hybridized carbons (Fsp3) is 0.600. The smallest absolute Gasteiger partial charge is 0.253 e. The number of sulfone groups is 1. The largest absolute Gasteiger partial charge is 0.494 e. The number of hydrogen-bond donors (Lipinski definition) is 0. The van der Waals surface area contributed by atoms with Crippen molar-refractivity contribution in [1.82, 2.24) is 0 Å². The number of anilines is 1. The first-order chi connectivity index (χ1) is 13.1. The van der Waals surface area contributed by atoms with Crippen LogP contribution in [0.2, 0.25) is 0 Å². The minimum absolute atomic E-state index is 0.0777. The van der Waals surface area contributed by atoms with Crippen molar-refractivity contribution in [2.24, 2.45) is 10.4 Å². The average molecular weight is 425 g/mol. The fourth-order valence-corrected chi connectivity index (χ4v) is 7.09. The molecule has 0 unspecified atom stereocenters. The van der Waals surface area contributed by atoms with Gasteiger partial charge in [0.25, 0.3) is 5.91 Å². The summed E-state index contributed by atoms with van der Waals surface area (Å²) in [6, 6.07) is 7.38. The average Bonchev–Trinajstić information content (AvgIpc) is 3.05. The summed E-state index contributed by atoms with van der Waals surface area (Å²) in [4.78, 5) is 18.8. The lowest BCUT2D eigenvalue weighted by atomic mass is 9.96. The van der Waals surface area contributed by atoms with Gasteiger partial charge in [0.1, 0.15) is 5.75 Å². The fourth-order valence-electron chi connectivity index (χ4n) is 3.18. The highest BCUT2D eigenvalue weighted by Crippen LogP contribution is 2.42. The zero-order valence-corrected chi connectivity index (χ0v) is 18.5. The van der Waals surface area contributed by atoms with Crippen molar-refractivity contribution >= 4 is 38.4 Å². The summed E-state index contributed by atoms with van der Waals surface area (Å²) in [5.74, 6) is 0.725. The summed E-state index contributed by atoms with van der Waals surface area (Å²) in [7, 11) is -3.09. The van der Waals surface area contributed by atoms with Crippen molar-refractivity contribution in [3.8, 4) is 5.75 Å². The van der Waals surface area contributed by atoms with E-state index in [4.69, 9.17) is 4.74 Å². The maximum absolute atomic E-state index is 12.5. The molecule has 6 nitrogen and oxygen atoms in total. The highest BCUT2D eigenvalue weighted by Gasteiger charge is 2.49. The molecule has 0 saturated carbocycles. The van der Waals surface area contributed by atoms with Crippen LogP contribution in [0.5, 0.6) is 5.75 Å². The third-order valence-corrected chi connectivity index (χ3v) is 7.98. The Bertz CT molecular complexity index is 874. The van der Waals surface area contributed by atoms with Crippen LogP contribution in [0.4, 0.5) is 5.69 Å². The van der Waals surface area contributed by atoms with E-state index < -0.39 is 15.3 Å². The lowest BCUT2D eigenvalue weighted by Gasteiger charge is -2.25. The molecule has 0 radical (unpaired) electrons. The third kappa shape index (κ3) is 4.71. The third-order valence-electron chi connectivity index (χ3n) is 4.77. The molecular formula is C20H28N2O4S2. The molecule has 0 spiro atoms. The molecule has 0 aliphatic carbocycles. The highest BCUT2D eigenvalue weighted by molar-refractivity contribution is 8.16. The number of benzene rings is 1. The Morgan fingerprint density at radius 3 is 2.75 bits per heavy atom. The number of carbonyl (C=O) groups is 1. The molecule has 0 N–H and O–H groups in total. The number of rotatable bonds is 5. The molecule has 0 bridgehead atoms. The topological polar surface area (TPSA) is 76.0 Å². The molecule has 154 valence electrons. The summed E-state index contributed by atoms with van der Waals surface area (Å²) in [5.41, 5.74) is 0.222. The van der Waals surface area contributed by atoms with E-state index in [1.165, 1.54) is 11.8 Å². The Balaban J connectivity index is 1.94. The molecule has 3 rings (SSSR count). The molecule has 1 aromatic rings. The van der Waals surface area contributed by atoms with Crippen LogP contribution in [-0.2, 0) is 14.6 Å². The van der Waals surface area contributed by atoms with Crippen LogP contribution in [-0.4, -0.2) is 48.9 Å². The molecule has 2 saturated heterocycles. The lowest BCUT2D eigenvalue weighted by Crippen LogP contribution is -2.38. The van der Waals surface area contributed by atoms with Crippen LogP contribution in [0.1, 0.15) is 40.5 Å². The van der Waals surface area contributed by atoms with Gasteiger partial charge >= 0.3 is 0 Å². The van der Waals surface area contributed by atoms with E-state index in [1.54, 1.807) is 0 Å². The predicted molar refractivity (Wildman–Crippen MR) is 115 cm³/mol. The van der Waals surface area contributed by atoms with Gasteiger partial charge < -0.3 is 9.64 Å². The summed E-state index contributed by atoms with van der Waals surface area (Å²) in [6.07, 6.45) is 2.02. The van der Waals surface area contributed by atoms with Gasteiger partial charge in [-0.05, 0) is 18.6 Å². The van der Waals surface area contributed by atoms with Crippen molar-refractivity contribution in [1.29, 1.82) is 0 Å². The van der Waals surface area contributed by atoms with E-state index in [0.29, 0.717) is 11.8 Å². The molecule has 2 aliphatic heterocycles. The van der Waals surface area contributed by atoms with Crippen LogP contribution in [0.25, 0.3) is 0 Å². The molecule has 8 heteroatoms. The van der Waals surface area contributed by atoms with E-state index in [9.17, 15) is 13.2 Å². The van der Waals surface area contributed by atoms with Crippen molar-refractivity contribution in [3.63, 3.8) is 0 Å². The minimum Gasteiger partial charge on any atom is -0.494 e. The van der Waals surface area contributed by atoms with Gasteiger partial charge in [-0.2, -0.15) is 4.99 Å². The van der Waals surface area contributed by atoms with E-state index >= 15 is 0 Å². The monoisotopic (exact) mass is 424 g/mol. The van der Waals surface area contributed by atoms with Gasteiger partial charge in [0.05, 0.1) is 24.2 Å². The van der Waals surface area contributed by atoms with Crippen LogP contribution in [0.3, 0.4) is 0 Å². The molecule has 1 amide bonds.